The molecule has 0 radical (unpaired) electrons. The fourth-order valence-electron chi connectivity index (χ4n) is 2.72. The molecule has 2 N–H and O–H groups in total. The van der Waals surface area contributed by atoms with E-state index in [2.05, 4.69) is 0 Å². The van der Waals surface area contributed by atoms with Crippen LogP contribution in [0.2, 0.25) is 0 Å². The lowest BCUT2D eigenvalue weighted by Crippen LogP contribution is -2.35. The van der Waals surface area contributed by atoms with E-state index < -0.39 is 5.91 Å². The van der Waals surface area contributed by atoms with Crippen LogP contribution < -0.4 is 15.0 Å². The molecular weight excluding hydrogens is 332 g/mol. The summed E-state index contributed by atoms with van der Waals surface area (Å²) in [6.45, 7) is 6.26. The molecule has 2 rings (SSSR count). The summed E-state index contributed by atoms with van der Waals surface area (Å²) in [7, 11) is 0. The maximum Gasteiger partial charge on any atom is 0.257 e. The molecule has 0 atom stereocenters. The third kappa shape index (κ3) is 6.38. The van der Waals surface area contributed by atoms with Gasteiger partial charge in [-0.25, -0.2) is 5.48 Å². The zero-order valence-corrected chi connectivity index (χ0v) is 15.3. The fraction of sp³-hybridized carbons (Fsp3) is 0.350. The van der Waals surface area contributed by atoms with E-state index in [9.17, 15) is 4.79 Å². The monoisotopic (exact) mass is 358 g/mol. The highest BCUT2D eigenvalue weighted by Crippen LogP contribution is 2.18. The van der Waals surface area contributed by atoms with Crippen LogP contribution in [0.3, 0.4) is 0 Å². The molecule has 26 heavy (non-hydrogen) atoms. The molecular formula is C20H26N2O4. The summed E-state index contributed by atoms with van der Waals surface area (Å²) in [5, 5.41) is 8.88. The second-order valence-corrected chi connectivity index (χ2v) is 5.84. The highest BCUT2D eigenvalue weighted by atomic mass is 16.5. The van der Waals surface area contributed by atoms with Gasteiger partial charge in [0.15, 0.2) is 0 Å². The maximum absolute atomic E-state index is 11.7. The predicted octanol–water partition coefficient (Wildman–Crippen LogP) is 2.99. The first-order valence-corrected chi connectivity index (χ1v) is 8.73. The molecule has 140 valence electrons. The number of ether oxygens (including phenoxy) is 2. The van der Waals surface area contributed by atoms with Gasteiger partial charge in [-0.05, 0) is 49.2 Å². The first-order valence-electron chi connectivity index (χ1n) is 8.73. The summed E-state index contributed by atoms with van der Waals surface area (Å²) in [4.78, 5) is 13.6. The number of nitrogens with zero attached hydrogens (tertiary/aromatic N) is 1. The minimum atomic E-state index is -0.452. The second-order valence-electron chi connectivity index (χ2n) is 5.84. The average molecular weight is 358 g/mol. The van der Waals surface area contributed by atoms with Crippen molar-refractivity contribution in [2.45, 2.75) is 26.9 Å². The van der Waals surface area contributed by atoms with Gasteiger partial charge in [-0.2, -0.15) is 0 Å². The molecule has 0 fully saturated rings. The lowest BCUT2D eigenvalue weighted by Gasteiger charge is -2.22. The van der Waals surface area contributed by atoms with E-state index in [-0.39, 0.29) is 6.54 Å². The Hall–Kier alpha value is -2.57. The number of carbonyl (C=O) groups excluding carboxylic acids is 1. The first kappa shape index (κ1) is 19.8. The standard InChI is InChI=1S/C20H26N2O4/c1-3-25-18-9-5-7-16(11-18)13-22(15-20(23)21-24)14-17-8-6-10-19(12-17)26-4-2/h5-12,24H,3-4,13-15H2,1-2H3,(H,21,23). The van der Waals surface area contributed by atoms with Crippen molar-refractivity contribution in [2.75, 3.05) is 19.8 Å². The minimum absolute atomic E-state index is 0.0776. The number of hydrogen-bond acceptors (Lipinski definition) is 5. The average Bonchev–Trinajstić information content (AvgIpc) is 2.63. The van der Waals surface area contributed by atoms with Gasteiger partial charge in [0.2, 0.25) is 0 Å². The first-order chi connectivity index (χ1) is 12.6. The molecule has 0 aliphatic rings. The molecule has 0 aromatic heterocycles. The van der Waals surface area contributed by atoms with Crippen LogP contribution in [0.5, 0.6) is 11.5 Å². The number of nitrogens with one attached hydrogen (secondary N) is 1. The smallest absolute Gasteiger partial charge is 0.257 e. The molecule has 1 amide bonds. The van der Waals surface area contributed by atoms with E-state index >= 15 is 0 Å². The highest BCUT2D eigenvalue weighted by Gasteiger charge is 2.13. The Morgan fingerprint density at radius 1 is 0.962 bits per heavy atom. The normalized spacial score (nSPS) is 10.6. The Labute approximate surface area is 154 Å². The van der Waals surface area contributed by atoms with Crippen molar-refractivity contribution in [3.63, 3.8) is 0 Å². The van der Waals surface area contributed by atoms with E-state index in [0.717, 1.165) is 22.6 Å². The predicted molar refractivity (Wildman–Crippen MR) is 99.3 cm³/mol. The van der Waals surface area contributed by atoms with Crippen LogP contribution in [0.4, 0.5) is 0 Å². The number of hydroxylamine groups is 1. The molecule has 0 aliphatic heterocycles. The van der Waals surface area contributed by atoms with Crippen molar-refractivity contribution in [3.8, 4) is 11.5 Å². The van der Waals surface area contributed by atoms with E-state index in [1.807, 2.05) is 67.3 Å². The van der Waals surface area contributed by atoms with Gasteiger partial charge in [0, 0.05) is 13.1 Å². The topological polar surface area (TPSA) is 71.0 Å². The number of carbonyl (C=O) groups is 1. The summed E-state index contributed by atoms with van der Waals surface area (Å²) in [6, 6.07) is 15.6. The summed E-state index contributed by atoms with van der Waals surface area (Å²) in [5.74, 6) is 1.15. The number of rotatable bonds is 10. The van der Waals surface area contributed by atoms with Gasteiger partial charge < -0.3 is 9.47 Å². The molecule has 0 bridgehead atoms. The van der Waals surface area contributed by atoms with E-state index in [0.29, 0.717) is 26.3 Å². The molecule has 0 saturated heterocycles. The third-order valence-electron chi connectivity index (χ3n) is 3.72. The molecule has 6 nitrogen and oxygen atoms in total. The molecule has 0 unspecified atom stereocenters. The molecule has 2 aromatic rings. The molecule has 2 aromatic carbocycles. The van der Waals surface area contributed by atoms with E-state index in [1.165, 1.54) is 0 Å². The van der Waals surface area contributed by atoms with Crippen molar-refractivity contribution in [2.24, 2.45) is 0 Å². The van der Waals surface area contributed by atoms with Gasteiger partial charge >= 0.3 is 0 Å². The van der Waals surface area contributed by atoms with Gasteiger partial charge in [0.1, 0.15) is 11.5 Å². The maximum atomic E-state index is 11.7. The number of hydrogen-bond donors (Lipinski definition) is 2. The molecule has 0 spiro atoms. The Morgan fingerprint density at radius 3 is 1.88 bits per heavy atom. The molecule has 0 heterocycles. The number of benzene rings is 2. The van der Waals surface area contributed by atoms with Crippen molar-refractivity contribution < 1.29 is 19.5 Å². The molecule has 0 saturated carbocycles. The summed E-state index contributed by atoms with van der Waals surface area (Å²) in [6.07, 6.45) is 0. The Balaban J connectivity index is 2.13. The van der Waals surface area contributed by atoms with Crippen LogP contribution in [0.15, 0.2) is 48.5 Å². The fourth-order valence-corrected chi connectivity index (χ4v) is 2.72. The van der Waals surface area contributed by atoms with Crippen molar-refractivity contribution in [1.29, 1.82) is 0 Å². The highest BCUT2D eigenvalue weighted by molar-refractivity contribution is 5.76. The van der Waals surface area contributed by atoms with Gasteiger partial charge in [-0.15, -0.1) is 0 Å². The van der Waals surface area contributed by atoms with Crippen LogP contribution in [-0.4, -0.2) is 35.8 Å². The van der Waals surface area contributed by atoms with Crippen LogP contribution in [0, 0.1) is 0 Å². The van der Waals surface area contributed by atoms with E-state index in [4.69, 9.17) is 14.7 Å². The Kier molecular flexibility index (Phi) is 7.92. The third-order valence-corrected chi connectivity index (χ3v) is 3.72. The zero-order valence-electron chi connectivity index (χ0n) is 15.3. The lowest BCUT2D eigenvalue weighted by atomic mass is 10.1. The van der Waals surface area contributed by atoms with Gasteiger partial charge in [0.05, 0.1) is 19.8 Å². The zero-order chi connectivity index (χ0) is 18.8. The molecule has 0 aliphatic carbocycles. The minimum Gasteiger partial charge on any atom is -0.494 e. The van der Waals surface area contributed by atoms with Crippen LogP contribution in [-0.2, 0) is 17.9 Å². The van der Waals surface area contributed by atoms with Crippen LogP contribution in [0.1, 0.15) is 25.0 Å². The second kappa shape index (κ2) is 10.4. The van der Waals surface area contributed by atoms with Gasteiger partial charge in [0.25, 0.3) is 5.91 Å². The van der Waals surface area contributed by atoms with Gasteiger partial charge in [-0.3, -0.25) is 14.9 Å². The van der Waals surface area contributed by atoms with Crippen molar-refractivity contribution in [3.05, 3.63) is 59.7 Å². The largest absolute Gasteiger partial charge is 0.494 e. The molecule has 6 heteroatoms. The summed E-state index contributed by atoms with van der Waals surface area (Å²) >= 11 is 0. The summed E-state index contributed by atoms with van der Waals surface area (Å²) < 4.78 is 11.1. The van der Waals surface area contributed by atoms with Crippen LogP contribution >= 0.6 is 0 Å². The van der Waals surface area contributed by atoms with E-state index in [1.54, 1.807) is 5.48 Å². The number of amides is 1. The van der Waals surface area contributed by atoms with Crippen molar-refractivity contribution in [1.82, 2.24) is 10.4 Å². The summed E-state index contributed by atoms with van der Waals surface area (Å²) in [5.41, 5.74) is 3.76. The Morgan fingerprint density at radius 2 is 1.46 bits per heavy atom. The Bertz CT molecular complexity index is 654. The quantitative estimate of drug-likeness (QED) is 0.505. The van der Waals surface area contributed by atoms with Crippen LogP contribution in [0.25, 0.3) is 0 Å². The van der Waals surface area contributed by atoms with Gasteiger partial charge in [-0.1, -0.05) is 24.3 Å². The van der Waals surface area contributed by atoms with Crippen molar-refractivity contribution >= 4 is 5.91 Å². The lowest BCUT2D eigenvalue weighted by molar-refractivity contribution is -0.130. The SMILES string of the molecule is CCOc1cccc(CN(CC(=O)NO)Cc2cccc(OCC)c2)c1.